The number of nitro groups is 1. The van der Waals surface area contributed by atoms with Gasteiger partial charge in [-0.25, -0.2) is 4.39 Å². The second-order valence-electron chi connectivity index (χ2n) is 4.91. The summed E-state index contributed by atoms with van der Waals surface area (Å²) in [6, 6.07) is 11.0. The molecule has 0 heterocycles. The van der Waals surface area contributed by atoms with Crippen molar-refractivity contribution in [2.24, 2.45) is 0 Å². The molecule has 0 aromatic heterocycles. The molecule has 1 unspecified atom stereocenters. The summed E-state index contributed by atoms with van der Waals surface area (Å²) in [6.45, 7) is 3.90. The van der Waals surface area contributed by atoms with Crippen molar-refractivity contribution in [1.82, 2.24) is 0 Å². The normalized spacial score (nSPS) is 12.0. The van der Waals surface area contributed by atoms with E-state index >= 15 is 0 Å². The summed E-state index contributed by atoms with van der Waals surface area (Å²) < 4.78 is 13.0. The summed E-state index contributed by atoms with van der Waals surface area (Å²) in [6.07, 6.45) is 0.785. The fourth-order valence-electron chi connectivity index (χ4n) is 2.18. The fraction of sp³-hybridized carbons (Fsp3) is 0.250. The van der Waals surface area contributed by atoms with Crippen molar-refractivity contribution in [2.45, 2.75) is 26.3 Å². The molecule has 0 radical (unpaired) electrons. The van der Waals surface area contributed by atoms with E-state index < -0.39 is 4.92 Å². The average molecular weight is 288 g/mol. The number of nitrogens with zero attached hydrogens (tertiary/aromatic N) is 1. The number of halogens is 1. The lowest BCUT2D eigenvalue weighted by Gasteiger charge is -2.20. The van der Waals surface area contributed by atoms with Gasteiger partial charge in [-0.05, 0) is 36.6 Å². The number of hydrogen-bond donors (Lipinski definition) is 1. The maximum atomic E-state index is 13.0. The number of non-ortho nitro benzene ring substituents is 1. The lowest BCUT2D eigenvalue weighted by atomic mass is 10.0. The van der Waals surface area contributed by atoms with Crippen molar-refractivity contribution >= 4 is 11.4 Å². The summed E-state index contributed by atoms with van der Waals surface area (Å²) >= 11 is 0. The molecule has 0 saturated carbocycles. The maximum absolute atomic E-state index is 13.0. The molecule has 110 valence electrons. The average Bonchev–Trinajstić information content (AvgIpc) is 2.47. The SMILES string of the molecule is CCC(Nc1cc([N+](=O)[O-])ccc1C)c1ccc(F)cc1. The lowest BCUT2D eigenvalue weighted by molar-refractivity contribution is -0.384. The van der Waals surface area contributed by atoms with E-state index in [-0.39, 0.29) is 17.5 Å². The molecule has 5 heteroatoms. The van der Waals surface area contributed by atoms with Gasteiger partial charge in [0.25, 0.3) is 5.69 Å². The van der Waals surface area contributed by atoms with Gasteiger partial charge in [0.05, 0.1) is 11.0 Å². The minimum absolute atomic E-state index is 0.0219. The molecule has 4 nitrogen and oxygen atoms in total. The van der Waals surface area contributed by atoms with E-state index in [1.165, 1.54) is 24.3 Å². The van der Waals surface area contributed by atoms with Gasteiger partial charge in [-0.15, -0.1) is 0 Å². The van der Waals surface area contributed by atoms with Gasteiger partial charge in [-0.2, -0.15) is 0 Å². The number of nitrogens with one attached hydrogen (secondary N) is 1. The van der Waals surface area contributed by atoms with Crippen LogP contribution >= 0.6 is 0 Å². The van der Waals surface area contributed by atoms with E-state index in [1.807, 2.05) is 13.8 Å². The van der Waals surface area contributed by atoms with Gasteiger partial charge in [-0.3, -0.25) is 10.1 Å². The molecule has 0 amide bonds. The molecular weight excluding hydrogens is 271 g/mol. The first-order chi connectivity index (χ1) is 10.0. The molecule has 0 aliphatic rings. The van der Waals surface area contributed by atoms with E-state index in [2.05, 4.69) is 5.32 Å². The number of nitro benzene ring substituents is 1. The second kappa shape index (κ2) is 6.35. The first-order valence-corrected chi connectivity index (χ1v) is 6.78. The third-order valence-electron chi connectivity index (χ3n) is 3.44. The van der Waals surface area contributed by atoms with Crippen LogP contribution in [0.3, 0.4) is 0 Å². The van der Waals surface area contributed by atoms with Crippen molar-refractivity contribution in [3.63, 3.8) is 0 Å². The maximum Gasteiger partial charge on any atom is 0.271 e. The molecule has 0 aliphatic carbocycles. The molecule has 2 aromatic rings. The Labute approximate surface area is 122 Å². The van der Waals surface area contributed by atoms with Crippen LogP contribution in [-0.4, -0.2) is 4.92 Å². The molecule has 21 heavy (non-hydrogen) atoms. The lowest BCUT2D eigenvalue weighted by Crippen LogP contribution is -2.10. The molecule has 0 aliphatic heterocycles. The van der Waals surface area contributed by atoms with Crippen LogP contribution in [0.25, 0.3) is 0 Å². The Bertz CT molecular complexity index is 641. The minimum Gasteiger partial charge on any atom is -0.378 e. The third-order valence-corrected chi connectivity index (χ3v) is 3.44. The van der Waals surface area contributed by atoms with Gasteiger partial charge < -0.3 is 5.32 Å². The number of rotatable bonds is 5. The van der Waals surface area contributed by atoms with Crippen molar-refractivity contribution in [3.05, 3.63) is 69.5 Å². The number of benzene rings is 2. The van der Waals surface area contributed by atoms with E-state index in [9.17, 15) is 14.5 Å². The number of anilines is 1. The Morgan fingerprint density at radius 3 is 2.48 bits per heavy atom. The first-order valence-electron chi connectivity index (χ1n) is 6.78. The molecule has 1 atom stereocenters. The van der Waals surface area contributed by atoms with Gasteiger partial charge in [0.1, 0.15) is 5.82 Å². The van der Waals surface area contributed by atoms with E-state index in [4.69, 9.17) is 0 Å². The summed E-state index contributed by atoms with van der Waals surface area (Å²) in [5.74, 6) is -0.278. The topological polar surface area (TPSA) is 55.2 Å². The minimum atomic E-state index is -0.413. The smallest absolute Gasteiger partial charge is 0.271 e. The summed E-state index contributed by atoms with van der Waals surface area (Å²) in [5.41, 5.74) is 2.66. The molecule has 2 aromatic carbocycles. The summed E-state index contributed by atoms with van der Waals surface area (Å²) in [5, 5.41) is 14.2. The predicted molar refractivity (Wildman–Crippen MR) is 80.9 cm³/mol. The predicted octanol–water partition coefficient (Wildman–Crippen LogP) is 4.61. The first kappa shape index (κ1) is 15.0. The Balaban J connectivity index is 2.28. The largest absolute Gasteiger partial charge is 0.378 e. The summed E-state index contributed by atoms with van der Waals surface area (Å²) in [7, 11) is 0. The van der Waals surface area contributed by atoms with Crippen LogP contribution in [0.15, 0.2) is 42.5 Å². The highest BCUT2D eigenvalue weighted by atomic mass is 19.1. The van der Waals surface area contributed by atoms with Gasteiger partial charge in [0, 0.05) is 17.8 Å². The van der Waals surface area contributed by atoms with Crippen molar-refractivity contribution in [3.8, 4) is 0 Å². The molecular formula is C16H17FN2O2. The van der Waals surface area contributed by atoms with Crippen LogP contribution < -0.4 is 5.32 Å². The molecule has 2 rings (SSSR count). The Kier molecular flexibility index (Phi) is 4.52. The third kappa shape index (κ3) is 3.56. The zero-order chi connectivity index (χ0) is 15.4. The zero-order valence-corrected chi connectivity index (χ0v) is 12.0. The summed E-state index contributed by atoms with van der Waals surface area (Å²) in [4.78, 5) is 10.5. The monoisotopic (exact) mass is 288 g/mol. The highest BCUT2D eigenvalue weighted by Crippen LogP contribution is 2.28. The Hall–Kier alpha value is -2.43. The molecule has 0 saturated heterocycles. The molecule has 0 bridgehead atoms. The van der Waals surface area contributed by atoms with Crippen LogP contribution in [-0.2, 0) is 0 Å². The number of hydrogen-bond acceptors (Lipinski definition) is 3. The van der Waals surface area contributed by atoms with Gasteiger partial charge in [0.2, 0.25) is 0 Å². The van der Waals surface area contributed by atoms with E-state index in [0.717, 1.165) is 23.2 Å². The van der Waals surface area contributed by atoms with Crippen molar-refractivity contribution < 1.29 is 9.31 Å². The van der Waals surface area contributed by atoms with Crippen LogP contribution in [0.4, 0.5) is 15.8 Å². The van der Waals surface area contributed by atoms with E-state index in [1.54, 1.807) is 18.2 Å². The Morgan fingerprint density at radius 2 is 1.90 bits per heavy atom. The quantitative estimate of drug-likeness (QED) is 0.646. The molecule has 0 spiro atoms. The molecule has 1 N–H and O–H groups in total. The van der Waals surface area contributed by atoms with Crippen molar-refractivity contribution in [1.29, 1.82) is 0 Å². The number of aryl methyl sites for hydroxylation is 1. The fourth-order valence-corrected chi connectivity index (χ4v) is 2.18. The van der Waals surface area contributed by atoms with Gasteiger partial charge >= 0.3 is 0 Å². The highest BCUT2D eigenvalue weighted by molar-refractivity contribution is 5.57. The Morgan fingerprint density at radius 1 is 1.24 bits per heavy atom. The van der Waals surface area contributed by atoms with Crippen molar-refractivity contribution in [2.75, 3.05) is 5.32 Å². The van der Waals surface area contributed by atoms with Crippen LogP contribution in [0.1, 0.15) is 30.5 Å². The molecule has 0 fully saturated rings. The van der Waals surface area contributed by atoms with Crippen LogP contribution in [0.5, 0.6) is 0 Å². The van der Waals surface area contributed by atoms with Gasteiger partial charge in [-0.1, -0.05) is 25.1 Å². The second-order valence-corrected chi connectivity index (χ2v) is 4.91. The van der Waals surface area contributed by atoms with E-state index in [0.29, 0.717) is 0 Å². The zero-order valence-electron chi connectivity index (χ0n) is 12.0. The van der Waals surface area contributed by atoms with Crippen LogP contribution in [0, 0.1) is 22.9 Å². The highest BCUT2D eigenvalue weighted by Gasteiger charge is 2.13. The van der Waals surface area contributed by atoms with Gasteiger partial charge in [0.15, 0.2) is 0 Å². The van der Waals surface area contributed by atoms with Crippen LogP contribution in [0.2, 0.25) is 0 Å². The standard InChI is InChI=1S/C16H17FN2O2/c1-3-15(12-5-7-13(17)8-6-12)18-16-10-14(19(20)21)9-4-11(16)2/h4-10,15,18H,3H2,1-2H3.